The van der Waals surface area contributed by atoms with Crippen molar-refractivity contribution in [3.8, 4) is 0 Å². The van der Waals surface area contributed by atoms with Gasteiger partial charge in [0.05, 0.1) is 29.4 Å². The molecule has 2 aliphatic rings. The summed E-state index contributed by atoms with van der Waals surface area (Å²) >= 11 is 11.8. The lowest BCUT2D eigenvalue weighted by Gasteiger charge is -2.29. The minimum Gasteiger partial charge on any atom is -0.616 e. The molecule has 1 fully saturated rings. The highest BCUT2D eigenvalue weighted by Crippen LogP contribution is 2.50. The van der Waals surface area contributed by atoms with E-state index in [1.807, 2.05) is 0 Å². The van der Waals surface area contributed by atoms with Crippen LogP contribution in [0.1, 0.15) is 27.9 Å². The normalized spacial score (nSPS) is 24.5. The molecule has 0 aliphatic carbocycles. The molecule has 5 rings (SSSR count). The number of nitrogens with one attached hydrogen (secondary N) is 1. The summed E-state index contributed by atoms with van der Waals surface area (Å²) < 4.78 is 62.5. The molecule has 7 nitrogen and oxygen atoms in total. The van der Waals surface area contributed by atoms with Crippen LogP contribution in [0.2, 0.25) is 10.0 Å². The molecular formula is C20H13Cl2F3N4O3S2. The first-order valence-electron chi connectivity index (χ1n) is 9.77. The molecule has 2 aliphatic heterocycles. The SMILES string of the molecule is O=C(NC1C[S+]([O-])C1)c1ccc(C2=NOC(c3cc(Cl)cc(Cl)c3)(C(F)(F)F)C2)c2nsnc12. The van der Waals surface area contributed by atoms with E-state index in [9.17, 15) is 22.5 Å². The summed E-state index contributed by atoms with van der Waals surface area (Å²) in [4.78, 5) is 17.7. The number of nitrogens with zero attached hydrogens (tertiary/aromatic N) is 3. The van der Waals surface area contributed by atoms with Crippen molar-refractivity contribution in [1.29, 1.82) is 0 Å². The zero-order valence-electron chi connectivity index (χ0n) is 16.9. The van der Waals surface area contributed by atoms with E-state index in [1.165, 1.54) is 18.2 Å². The van der Waals surface area contributed by atoms with Gasteiger partial charge in [0.15, 0.2) is 0 Å². The number of aromatic nitrogens is 2. The maximum Gasteiger partial charge on any atom is 0.435 e. The summed E-state index contributed by atoms with van der Waals surface area (Å²) in [5.41, 5.74) is -2.12. The lowest BCUT2D eigenvalue weighted by atomic mass is 9.86. The predicted molar refractivity (Wildman–Crippen MR) is 123 cm³/mol. The van der Waals surface area contributed by atoms with E-state index in [-0.39, 0.29) is 49.5 Å². The number of carbonyl (C=O) groups is 1. The third-order valence-electron chi connectivity index (χ3n) is 5.60. The van der Waals surface area contributed by atoms with Crippen molar-refractivity contribution in [3.63, 3.8) is 0 Å². The number of rotatable bonds is 4. The van der Waals surface area contributed by atoms with Crippen molar-refractivity contribution in [2.45, 2.75) is 24.2 Å². The zero-order valence-corrected chi connectivity index (χ0v) is 20.0. The molecule has 0 spiro atoms. The van der Waals surface area contributed by atoms with E-state index < -0.39 is 35.3 Å². The number of oxime groups is 1. The smallest absolute Gasteiger partial charge is 0.435 e. The molecule has 1 atom stereocenters. The molecule has 0 saturated carbocycles. The van der Waals surface area contributed by atoms with Gasteiger partial charge in [-0.25, -0.2) is 0 Å². The first-order chi connectivity index (χ1) is 16.1. The van der Waals surface area contributed by atoms with Gasteiger partial charge in [-0.2, -0.15) is 21.9 Å². The van der Waals surface area contributed by atoms with E-state index in [1.54, 1.807) is 0 Å². The molecule has 3 aromatic rings. The molecule has 1 saturated heterocycles. The van der Waals surface area contributed by atoms with Crippen LogP contribution in [0.3, 0.4) is 0 Å². The van der Waals surface area contributed by atoms with E-state index in [4.69, 9.17) is 28.0 Å². The highest BCUT2D eigenvalue weighted by atomic mass is 35.5. The van der Waals surface area contributed by atoms with Crippen LogP contribution in [0.25, 0.3) is 11.0 Å². The fourth-order valence-corrected chi connectivity index (χ4v) is 5.93. The Balaban J connectivity index is 1.49. The van der Waals surface area contributed by atoms with Crippen molar-refractivity contribution in [2.75, 3.05) is 11.5 Å². The second-order valence-electron chi connectivity index (χ2n) is 7.85. The highest BCUT2D eigenvalue weighted by molar-refractivity contribution is 7.92. The average Bonchev–Trinajstić information content (AvgIpc) is 3.39. The average molecular weight is 549 g/mol. The number of hydrogen-bond donors (Lipinski definition) is 1. The Hall–Kier alpha value is -2.12. The van der Waals surface area contributed by atoms with Crippen LogP contribution >= 0.6 is 34.9 Å². The lowest BCUT2D eigenvalue weighted by Crippen LogP contribution is -2.52. The topological polar surface area (TPSA) is 99.5 Å². The number of fused-ring (bicyclic) bond motifs is 1. The van der Waals surface area contributed by atoms with Crippen LogP contribution in [0.5, 0.6) is 0 Å². The second-order valence-corrected chi connectivity index (χ2v) is 10.8. The molecular weight excluding hydrogens is 536 g/mol. The van der Waals surface area contributed by atoms with Crippen LogP contribution in [0, 0.1) is 0 Å². The Morgan fingerprint density at radius 2 is 1.85 bits per heavy atom. The lowest BCUT2D eigenvalue weighted by molar-refractivity contribution is -0.275. The third kappa shape index (κ3) is 4.01. The van der Waals surface area contributed by atoms with Gasteiger partial charge in [-0.1, -0.05) is 28.4 Å². The summed E-state index contributed by atoms with van der Waals surface area (Å²) in [6, 6.07) is 6.33. The van der Waals surface area contributed by atoms with Gasteiger partial charge in [0.2, 0.25) is 0 Å². The van der Waals surface area contributed by atoms with Gasteiger partial charge in [0.1, 0.15) is 28.6 Å². The zero-order chi connectivity index (χ0) is 24.3. The fraction of sp³-hybridized carbons (Fsp3) is 0.300. The first-order valence-corrected chi connectivity index (χ1v) is 12.7. The number of hydrogen-bond acceptors (Lipinski definition) is 7. The molecule has 0 radical (unpaired) electrons. The number of halogens is 5. The first kappa shape index (κ1) is 23.6. The van der Waals surface area contributed by atoms with Crippen LogP contribution in [0.4, 0.5) is 13.2 Å². The molecule has 2 aromatic carbocycles. The van der Waals surface area contributed by atoms with E-state index in [0.29, 0.717) is 11.5 Å². The molecule has 3 heterocycles. The number of alkyl halides is 3. The van der Waals surface area contributed by atoms with Crippen molar-refractivity contribution >= 4 is 68.8 Å². The summed E-state index contributed by atoms with van der Waals surface area (Å²) in [6.07, 6.45) is -5.49. The van der Waals surface area contributed by atoms with E-state index in [2.05, 4.69) is 19.2 Å². The summed E-state index contributed by atoms with van der Waals surface area (Å²) in [7, 11) is 0. The molecule has 0 bridgehead atoms. The Labute approximate surface area is 207 Å². The minimum atomic E-state index is -4.84. The third-order valence-corrected chi connectivity index (χ3v) is 8.11. The van der Waals surface area contributed by atoms with Gasteiger partial charge in [-0.15, -0.1) is 0 Å². The molecule has 1 amide bonds. The van der Waals surface area contributed by atoms with Gasteiger partial charge in [-0.05, 0) is 41.5 Å². The minimum absolute atomic E-state index is 0.00697. The van der Waals surface area contributed by atoms with Gasteiger partial charge in [0, 0.05) is 21.2 Å². The number of amides is 1. The Morgan fingerprint density at radius 3 is 2.50 bits per heavy atom. The highest BCUT2D eigenvalue weighted by Gasteiger charge is 2.62. The van der Waals surface area contributed by atoms with E-state index >= 15 is 0 Å². The second kappa shape index (κ2) is 8.52. The van der Waals surface area contributed by atoms with Crippen molar-refractivity contribution < 1.29 is 27.4 Å². The van der Waals surface area contributed by atoms with Crippen molar-refractivity contribution in [3.05, 3.63) is 57.1 Å². The Kier molecular flexibility index (Phi) is 5.92. The molecule has 1 aromatic heterocycles. The predicted octanol–water partition coefficient (Wildman–Crippen LogP) is 4.44. The summed E-state index contributed by atoms with van der Waals surface area (Å²) in [5.74, 6) is 0.334. The number of carbonyl (C=O) groups excluding carboxylic acids is 1. The molecule has 178 valence electrons. The van der Waals surface area contributed by atoms with Crippen LogP contribution in [-0.2, 0) is 21.6 Å². The molecule has 34 heavy (non-hydrogen) atoms. The number of benzene rings is 2. The standard InChI is InChI=1S/C20H13Cl2F3N4O3S2/c21-10-3-9(4-11(22)5-10)19(20(23,24)25)6-15(27-32-19)13-1-2-14(17-16(13)28-33-29-17)18(30)26-12-7-34(31)8-12/h1-5,12H,6-8H2,(H,26,30). The van der Waals surface area contributed by atoms with Gasteiger partial charge in [0.25, 0.3) is 11.5 Å². The Bertz CT molecular complexity index is 1310. The van der Waals surface area contributed by atoms with Crippen LogP contribution in [-0.4, -0.2) is 48.6 Å². The quantitative estimate of drug-likeness (QED) is 0.486. The summed E-state index contributed by atoms with van der Waals surface area (Å²) in [5, 5.41) is 6.59. The molecule has 1 unspecified atom stereocenters. The van der Waals surface area contributed by atoms with E-state index in [0.717, 1.165) is 23.9 Å². The van der Waals surface area contributed by atoms with Gasteiger partial charge >= 0.3 is 6.18 Å². The van der Waals surface area contributed by atoms with Crippen molar-refractivity contribution in [1.82, 2.24) is 14.1 Å². The van der Waals surface area contributed by atoms with Crippen LogP contribution in [0.15, 0.2) is 35.5 Å². The maximum absolute atomic E-state index is 14.3. The van der Waals surface area contributed by atoms with Crippen molar-refractivity contribution in [2.24, 2.45) is 5.16 Å². The fourth-order valence-electron chi connectivity index (χ4n) is 3.86. The Morgan fingerprint density at radius 1 is 1.18 bits per heavy atom. The summed E-state index contributed by atoms with van der Waals surface area (Å²) in [6.45, 7) is 0. The largest absolute Gasteiger partial charge is 0.616 e. The van der Waals surface area contributed by atoms with Crippen LogP contribution < -0.4 is 5.32 Å². The van der Waals surface area contributed by atoms with Gasteiger partial charge < -0.3 is 14.7 Å². The van der Waals surface area contributed by atoms with Gasteiger partial charge in [-0.3, -0.25) is 4.79 Å². The monoisotopic (exact) mass is 548 g/mol. The molecule has 1 N–H and O–H groups in total. The molecule has 14 heteroatoms. The maximum atomic E-state index is 14.3.